The molecule has 0 aliphatic carbocycles. The number of nitrogens with one attached hydrogen (secondary N) is 1. The van der Waals surface area contributed by atoms with Gasteiger partial charge in [0.05, 0.1) is 12.2 Å². The highest BCUT2D eigenvalue weighted by atomic mass is 35.5. The van der Waals surface area contributed by atoms with Crippen LogP contribution in [0.1, 0.15) is 24.4 Å². The Labute approximate surface area is 160 Å². The number of piperidine rings is 1. The molecule has 1 atom stereocenters. The normalized spacial score (nSPS) is 17.9. The Bertz CT molecular complexity index is 631. The molecule has 4 nitrogen and oxygen atoms in total. The molecule has 1 aromatic carbocycles. The minimum atomic E-state index is 0. The molecule has 7 heteroatoms. The summed E-state index contributed by atoms with van der Waals surface area (Å²) in [5.41, 5.74) is 1.95. The summed E-state index contributed by atoms with van der Waals surface area (Å²) < 4.78 is 6.00. The summed E-state index contributed by atoms with van der Waals surface area (Å²) in [6.45, 7) is 4.92. The van der Waals surface area contributed by atoms with Crippen molar-refractivity contribution in [3.8, 4) is 11.3 Å². The van der Waals surface area contributed by atoms with Crippen molar-refractivity contribution in [2.75, 3.05) is 20.1 Å². The molecule has 0 saturated carbocycles. The van der Waals surface area contributed by atoms with E-state index in [0.717, 1.165) is 47.6 Å². The van der Waals surface area contributed by atoms with E-state index in [1.165, 1.54) is 12.8 Å². The number of likely N-dealkylation sites (N-methyl/N-ethyl adjacent to an activating group) is 1. The Hall–Kier alpha value is -0.780. The average Bonchev–Trinajstić information content (AvgIpc) is 2.89. The molecule has 1 N–H and O–H groups in total. The zero-order valence-corrected chi connectivity index (χ0v) is 16.3. The van der Waals surface area contributed by atoms with Crippen LogP contribution < -0.4 is 5.32 Å². The van der Waals surface area contributed by atoms with E-state index in [1.807, 2.05) is 38.2 Å². The number of hydrogen-bond acceptors (Lipinski definition) is 4. The molecule has 2 aromatic rings. The second-order valence-corrected chi connectivity index (χ2v) is 6.33. The van der Waals surface area contributed by atoms with Crippen LogP contribution in [0.5, 0.6) is 0 Å². The first-order valence-corrected chi connectivity index (χ1v) is 8.15. The molecule has 1 fully saturated rings. The molecule has 134 valence electrons. The van der Waals surface area contributed by atoms with Crippen molar-refractivity contribution in [1.82, 2.24) is 15.2 Å². The minimum Gasteiger partial charge on any atom is -0.439 e. The van der Waals surface area contributed by atoms with Crippen LogP contribution in [0.25, 0.3) is 11.3 Å². The molecule has 1 aliphatic heterocycles. The molecule has 1 aromatic heterocycles. The topological polar surface area (TPSA) is 41.3 Å². The number of hydrogen-bond donors (Lipinski definition) is 1. The summed E-state index contributed by atoms with van der Waals surface area (Å²) in [5.74, 6) is 1.63. The van der Waals surface area contributed by atoms with Crippen molar-refractivity contribution in [3.05, 3.63) is 40.9 Å². The van der Waals surface area contributed by atoms with E-state index in [0.29, 0.717) is 6.04 Å². The van der Waals surface area contributed by atoms with E-state index in [4.69, 9.17) is 16.0 Å². The Morgan fingerprint density at radius 3 is 2.67 bits per heavy atom. The van der Waals surface area contributed by atoms with E-state index in [2.05, 4.69) is 15.2 Å². The third-order valence-corrected chi connectivity index (χ3v) is 4.47. The van der Waals surface area contributed by atoms with Gasteiger partial charge in [0.15, 0.2) is 5.76 Å². The quantitative estimate of drug-likeness (QED) is 0.841. The van der Waals surface area contributed by atoms with E-state index in [1.54, 1.807) is 0 Å². The van der Waals surface area contributed by atoms with Crippen LogP contribution in [-0.4, -0.2) is 36.1 Å². The Kier molecular flexibility index (Phi) is 8.54. The molecular formula is C17H24Cl3N3O. The van der Waals surface area contributed by atoms with Gasteiger partial charge in [-0.15, -0.1) is 24.8 Å². The maximum Gasteiger partial charge on any atom is 0.209 e. The minimum absolute atomic E-state index is 0. The number of nitrogens with zero attached hydrogens (tertiary/aromatic N) is 2. The van der Waals surface area contributed by atoms with Crippen LogP contribution in [0.2, 0.25) is 5.02 Å². The van der Waals surface area contributed by atoms with Gasteiger partial charge in [0.25, 0.3) is 0 Å². The molecule has 0 spiro atoms. The maximum atomic E-state index is 6.00. The summed E-state index contributed by atoms with van der Waals surface area (Å²) in [6.07, 6.45) is 2.46. The number of benzene rings is 1. The molecule has 1 unspecified atom stereocenters. The molecule has 0 amide bonds. The molecule has 24 heavy (non-hydrogen) atoms. The van der Waals surface area contributed by atoms with Crippen molar-refractivity contribution < 1.29 is 4.42 Å². The van der Waals surface area contributed by atoms with Crippen LogP contribution in [-0.2, 0) is 6.54 Å². The largest absolute Gasteiger partial charge is 0.439 e. The lowest BCUT2D eigenvalue weighted by atomic mass is 10.1. The van der Waals surface area contributed by atoms with Crippen LogP contribution in [0.3, 0.4) is 0 Å². The van der Waals surface area contributed by atoms with Gasteiger partial charge in [-0.25, -0.2) is 4.98 Å². The lowest BCUT2D eigenvalue weighted by Crippen LogP contribution is -2.43. The van der Waals surface area contributed by atoms with Crippen molar-refractivity contribution in [3.63, 3.8) is 0 Å². The molecule has 1 saturated heterocycles. The lowest BCUT2D eigenvalue weighted by molar-refractivity contribution is 0.173. The average molecular weight is 393 g/mol. The lowest BCUT2D eigenvalue weighted by Gasteiger charge is -2.31. The fraction of sp³-hybridized carbons (Fsp3) is 0.471. The van der Waals surface area contributed by atoms with Gasteiger partial charge in [0.1, 0.15) is 0 Å². The standard InChI is InChI=1S/C17H22ClN3O.2ClH/c1-12-17(13-5-7-14(18)8-6-13)22-16(20-12)11-21-9-3-4-15(10-21)19-2;;/h5-8,15,19H,3-4,9-11H2,1-2H3;2*1H. The highest BCUT2D eigenvalue weighted by Crippen LogP contribution is 2.26. The molecule has 2 heterocycles. The highest BCUT2D eigenvalue weighted by molar-refractivity contribution is 6.30. The van der Waals surface area contributed by atoms with Gasteiger partial charge in [0, 0.05) is 23.2 Å². The fourth-order valence-electron chi connectivity index (χ4n) is 3.02. The van der Waals surface area contributed by atoms with Gasteiger partial charge in [-0.05, 0) is 57.6 Å². The van der Waals surface area contributed by atoms with Crippen LogP contribution >= 0.6 is 36.4 Å². The number of rotatable bonds is 4. The summed E-state index contributed by atoms with van der Waals surface area (Å²) in [5, 5.41) is 4.09. The van der Waals surface area contributed by atoms with E-state index in [-0.39, 0.29) is 24.8 Å². The first-order valence-electron chi connectivity index (χ1n) is 7.77. The SMILES string of the molecule is CNC1CCCN(Cc2nc(C)c(-c3ccc(Cl)cc3)o2)C1.Cl.Cl. The number of likely N-dealkylation sites (tertiary alicyclic amines) is 1. The van der Waals surface area contributed by atoms with E-state index >= 15 is 0 Å². The van der Waals surface area contributed by atoms with E-state index in [9.17, 15) is 0 Å². The number of halogens is 3. The summed E-state index contributed by atoms with van der Waals surface area (Å²) in [4.78, 5) is 7.00. The predicted octanol–water partition coefficient (Wildman–Crippen LogP) is 4.33. The van der Waals surface area contributed by atoms with Crippen molar-refractivity contribution >= 4 is 36.4 Å². The van der Waals surface area contributed by atoms with Crippen LogP contribution in [0.15, 0.2) is 28.7 Å². The zero-order valence-electron chi connectivity index (χ0n) is 13.9. The van der Waals surface area contributed by atoms with Gasteiger partial charge < -0.3 is 9.73 Å². The summed E-state index contributed by atoms with van der Waals surface area (Å²) in [7, 11) is 2.03. The zero-order chi connectivity index (χ0) is 15.5. The number of aromatic nitrogens is 1. The van der Waals surface area contributed by atoms with Gasteiger partial charge in [-0.2, -0.15) is 0 Å². The highest BCUT2D eigenvalue weighted by Gasteiger charge is 2.21. The van der Waals surface area contributed by atoms with E-state index < -0.39 is 0 Å². The molecule has 0 bridgehead atoms. The third-order valence-electron chi connectivity index (χ3n) is 4.22. The van der Waals surface area contributed by atoms with Crippen LogP contribution in [0, 0.1) is 6.92 Å². The smallest absolute Gasteiger partial charge is 0.209 e. The monoisotopic (exact) mass is 391 g/mol. The fourth-order valence-corrected chi connectivity index (χ4v) is 3.14. The summed E-state index contributed by atoms with van der Waals surface area (Å²) in [6, 6.07) is 8.26. The summed E-state index contributed by atoms with van der Waals surface area (Å²) >= 11 is 5.94. The number of oxazole rings is 1. The molecule has 1 aliphatic rings. The number of aryl methyl sites for hydroxylation is 1. The van der Waals surface area contributed by atoms with Gasteiger partial charge >= 0.3 is 0 Å². The third kappa shape index (κ3) is 5.11. The predicted molar refractivity (Wildman–Crippen MR) is 104 cm³/mol. The Balaban J connectivity index is 0.00000144. The Morgan fingerprint density at radius 2 is 2.00 bits per heavy atom. The molecular weight excluding hydrogens is 369 g/mol. The Morgan fingerprint density at radius 1 is 1.29 bits per heavy atom. The van der Waals surface area contributed by atoms with Crippen molar-refractivity contribution in [2.24, 2.45) is 0 Å². The molecule has 3 rings (SSSR count). The maximum absolute atomic E-state index is 6.00. The molecule has 0 radical (unpaired) electrons. The van der Waals surface area contributed by atoms with Crippen LogP contribution in [0.4, 0.5) is 0 Å². The second-order valence-electron chi connectivity index (χ2n) is 5.89. The van der Waals surface area contributed by atoms with Crippen molar-refractivity contribution in [1.29, 1.82) is 0 Å². The second kappa shape index (κ2) is 9.64. The first kappa shape index (κ1) is 21.3. The first-order chi connectivity index (χ1) is 10.7. The van der Waals surface area contributed by atoms with Gasteiger partial charge in [-0.3, -0.25) is 4.90 Å². The van der Waals surface area contributed by atoms with Gasteiger partial charge in [0.2, 0.25) is 5.89 Å². The van der Waals surface area contributed by atoms with Gasteiger partial charge in [-0.1, -0.05) is 11.6 Å². The van der Waals surface area contributed by atoms with Crippen molar-refractivity contribution in [2.45, 2.75) is 32.4 Å².